The Kier molecular flexibility index (Phi) is 3.90. The van der Waals surface area contributed by atoms with E-state index in [1.54, 1.807) is 30.3 Å². The highest BCUT2D eigenvalue weighted by Crippen LogP contribution is 2.22. The second-order valence-electron chi connectivity index (χ2n) is 4.81. The molecule has 0 unspecified atom stereocenters. The molecule has 0 saturated carbocycles. The molecule has 6 nitrogen and oxygen atoms in total. The van der Waals surface area contributed by atoms with E-state index in [4.69, 9.17) is 5.26 Å². The average molecular weight is 345 g/mol. The maximum Gasteiger partial charge on any atom is 0.305 e. The highest BCUT2D eigenvalue weighted by molar-refractivity contribution is 7.92. The fourth-order valence-corrected chi connectivity index (χ4v) is 4.02. The Hall–Kier alpha value is -2.63. The van der Waals surface area contributed by atoms with E-state index in [1.807, 2.05) is 6.07 Å². The first-order valence-corrected chi connectivity index (χ1v) is 8.89. The predicted octanol–water partition coefficient (Wildman–Crippen LogP) is 2.46. The quantitative estimate of drug-likeness (QED) is 0.758. The number of nitrogens with one attached hydrogen (secondary N) is 2. The third-order valence-corrected chi connectivity index (χ3v) is 5.42. The highest BCUT2D eigenvalue weighted by Gasteiger charge is 2.15. The van der Waals surface area contributed by atoms with Gasteiger partial charge in [0.25, 0.3) is 10.0 Å². The lowest BCUT2D eigenvalue weighted by Crippen LogP contribution is -2.12. The van der Waals surface area contributed by atoms with E-state index in [2.05, 4.69) is 9.71 Å². The van der Waals surface area contributed by atoms with Crippen LogP contribution in [0.4, 0.5) is 5.69 Å². The molecule has 116 valence electrons. The molecule has 0 aliphatic rings. The minimum atomic E-state index is -3.74. The maximum absolute atomic E-state index is 12.4. The van der Waals surface area contributed by atoms with Gasteiger partial charge in [-0.2, -0.15) is 5.26 Å². The third kappa shape index (κ3) is 3.26. The SMILES string of the molecule is N#CCc1ccc(NS(=O)(=O)c2ccc3[nH]c(=O)sc3c2)cc1. The van der Waals surface area contributed by atoms with Gasteiger partial charge in [-0.1, -0.05) is 23.5 Å². The Morgan fingerprint density at radius 1 is 1.17 bits per heavy atom. The molecule has 8 heteroatoms. The summed E-state index contributed by atoms with van der Waals surface area (Å²) in [6, 6.07) is 13.1. The molecule has 0 radical (unpaired) electrons. The number of nitriles is 1. The van der Waals surface area contributed by atoms with Gasteiger partial charge in [-0.25, -0.2) is 8.42 Å². The first-order valence-electron chi connectivity index (χ1n) is 6.59. The van der Waals surface area contributed by atoms with E-state index < -0.39 is 10.0 Å². The number of hydrogen-bond donors (Lipinski definition) is 2. The first kappa shape index (κ1) is 15.3. The van der Waals surface area contributed by atoms with Crippen molar-refractivity contribution >= 4 is 37.3 Å². The van der Waals surface area contributed by atoms with Crippen LogP contribution in [0, 0.1) is 11.3 Å². The predicted molar refractivity (Wildman–Crippen MR) is 89.0 cm³/mol. The van der Waals surface area contributed by atoms with Gasteiger partial charge in [0.1, 0.15) is 0 Å². The van der Waals surface area contributed by atoms with Gasteiger partial charge in [0.2, 0.25) is 0 Å². The van der Waals surface area contributed by atoms with Crippen molar-refractivity contribution in [3.8, 4) is 6.07 Å². The number of benzene rings is 2. The van der Waals surface area contributed by atoms with Crippen LogP contribution in [0.3, 0.4) is 0 Å². The summed E-state index contributed by atoms with van der Waals surface area (Å²) in [5.74, 6) is 0. The second-order valence-corrected chi connectivity index (χ2v) is 7.51. The molecule has 23 heavy (non-hydrogen) atoms. The van der Waals surface area contributed by atoms with E-state index in [9.17, 15) is 13.2 Å². The lowest BCUT2D eigenvalue weighted by Gasteiger charge is -2.08. The molecule has 1 aromatic heterocycles. The number of hydrogen-bond acceptors (Lipinski definition) is 5. The van der Waals surface area contributed by atoms with Crippen molar-refractivity contribution < 1.29 is 8.42 Å². The molecular weight excluding hydrogens is 334 g/mol. The minimum absolute atomic E-state index is 0.0846. The number of H-pyrrole nitrogens is 1. The largest absolute Gasteiger partial charge is 0.312 e. The van der Waals surface area contributed by atoms with Crippen LogP contribution in [0.1, 0.15) is 5.56 Å². The van der Waals surface area contributed by atoms with Crippen LogP contribution in [-0.4, -0.2) is 13.4 Å². The molecule has 0 aliphatic heterocycles. The summed E-state index contributed by atoms with van der Waals surface area (Å²) in [5, 5.41) is 8.63. The van der Waals surface area contributed by atoms with Crippen LogP contribution in [0.5, 0.6) is 0 Å². The zero-order valence-corrected chi connectivity index (χ0v) is 13.4. The monoisotopic (exact) mass is 345 g/mol. The number of aromatic amines is 1. The fraction of sp³-hybridized carbons (Fsp3) is 0.0667. The van der Waals surface area contributed by atoms with E-state index in [1.165, 1.54) is 12.1 Å². The molecule has 0 aliphatic carbocycles. The van der Waals surface area contributed by atoms with Crippen molar-refractivity contribution in [3.63, 3.8) is 0 Å². The summed E-state index contributed by atoms with van der Waals surface area (Å²) >= 11 is 0.962. The van der Waals surface area contributed by atoms with Crippen molar-refractivity contribution in [2.24, 2.45) is 0 Å². The van der Waals surface area contributed by atoms with Crippen molar-refractivity contribution in [1.29, 1.82) is 5.26 Å². The van der Waals surface area contributed by atoms with Crippen LogP contribution in [0.2, 0.25) is 0 Å². The number of nitrogens with zero attached hydrogens (tertiary/aromatic N) is 1. The van der Waals surface area contributed by atoms with Crippen molar-refractivity contribution in [2.75, 3.05) is 4.72 Å². The molecule has 0 amide bonds. The number of anilines is 1. The third-order valence-electron chi connectivity index (χ3n) is 3.19. The molecule has 0 atom stereocenters. The molecular formula is C15H11N3O3S2. The van der Waals surface area contributed by atoms with Crippen molar-refractivity contribution in [1.82, 2.24) is 4.98 Å². The molecule has 0 spiro atoms. The van der Waals surface area contributed by atoms with Gasteiger partial charge >= 0.3 is 4.87 Å². The Morgan fingerprint density at radius 3 is 2.61 bits per heavy atom. The minimum Gasteiger partial charge on any atom is -0.312 e. The average Bonchev–Trinajstić information content (AvgIpc) is 2.88. The summed E-state index contributed by atoms with van der Waals surface area (Å²) in [6.45, 7) is 0. The van der Waals surface area contributed by atoms with Gasteiger partial charge in [-0.05, 0) is 35.9 Å². The smallest absolute Gasteiger partial charge is 0.305 e. The molecule has 2 aromatic carbocycles. The second kappa shape index (κ2) is 5.87. The van der Waals surface area contributed by atoms with Gasteiger partial charge in [0, 0.05) is 5.69 Å². The van der Waals surface area contributed by atoms with Crippen molar-refractivity contribution in [3.05, 3.63) is 57.7 Å². The van der Waals surface area contributed by atoms with Crippen LogP contribution >= 0.6 is 11.3 Å². The highest BCUT2D eigenvalue weighted by atomic mass is 32.2. The molecule has 3 aromatic rings. The van der Waals surface area contributed by atoms with Gasteiger partial charge in [-0.15, -0.1) is 0 Å². The molecule has 0 fully saturated rings. The van der Waals surface area contributed by atoms with E-state index in [0.717, 1.165) is 16.9 Å². The molecule has 1 heterocycles. The number of rotatable bonds is 4. The molecule has 2 N–H and O–H groups in total. The maximum atomic E-state index is 12.4. The fourth-order valence-electron chi connectivity index (χ4n) is 2.09. The summed E-state index contributed by atoms with van der Waals surface area (Å²) in [4.78, 5) is 13.8. The standard InChI is InChI=1S/C15H11N3O3S2/c16-8-7-10-1-3-11(4-2-10)18-23(20,21)12-5-6-13-14(9-12)22-15(19)17-13/h1-6,9,18H,7H2,(H,17,19). The lowest BCUT2D eigenvalue weighted by atomic mass is 10.1. The van der Waals surface area contributed by atoms with Crippen LogP contribution < -0.4 is 9.60 Å². The van der Waals surface area contributed by atoms with Gasteiger partial charge in [0.15, 0.2) is 0 Å². The van der Waals surface area contributed by atoms with Crippen molar-refractivity contribution in [2.45, 2.75) is 11.3 Å². The first-order chi connectivity index (χ1) is 11.0. The van der Waals surface area contributed by atoms with Gasteiger partial charge < -0.3 is 4.98 Å². The zero-order chi connectivity index (χ0) is 16.4. The van der Waals surface area contributed by atoms with Gasteiger partial charge in [0.05, 0.1) is 27.6 Å². The molecule has 0 bridgehead atoms. The van der Waals surface area contributed by atoms with E-state index in [0.29, 0.717) is 15.9 Å². The summed E-state index contributed by atoms with van der Waals surface area (Å²) in [5.41, 5.74) is 1.84. The van der Waals surface area contributed by atoms with Gasteiger partial charge in [-0.3, -0.25) is 9.52 Å². The van der Waals surface area contributed by atoms with E-state index in [-0.39, 0.29) is 16.2 Å². The number of sulfonamides is 1. The number of aromatic nitrogens is 1. The number of thiazole rings is 1. The summed E-state index contributed by atoms with van der Waals surface area (Å²) in [7, 11) is -3.74. The Labute approximate surface area is 136 Å². The lowest BCUT2D eigenvalue weighted by molar-refractivity contribution is 0.601. The Balaban J connectivity index is 1.90. The normalized spacial score (nSPS) is 11.3. The molecule has 0 saturated heterocycles. The topological polar surface area (TPSA) is 103 Å². The van der Waals surface area contributed by atoms with Crippen LogP contribution in [-0.2, 0) is 16.4 Å². The summed E-state index contributed by atoms with van der Waals surface area (Å²) < 4.78 is 27.9. The zero-order valence-electron chi connectivity index (χ0n) is 11.7. The van der Waals surface area contributed by atoms with Crippen LogP contribution in [0.15, 0.2) is 52.2 Å². The summed E-state index contributed by atoms with van der Waals surface area (Å²) in [6.07, 6.45) is 0.274. The Morgan fingerprint density at radius 2 is 1.91 bits per heavy atom. The molecule has 3 rings (SSSR count). The van der Waals surface area contributed by atoms with Crippen LogP contribution in [0.25, 0.3) is 10.2 Å². The Bertz CT molecular complexity index is 1060. The van der Waals surface area contributed by atoms with E-state index >= 15 is 0 Å². The number of fused-ring (bicyclic) bond motifs is 1.